The lowest BCUT2D eigenvalue weighted by Gasteiger charge is -1.75. The van der Waals surface area contributed by atoms with Crippen molar-refractivity contribution in [1.82, 2.24) is 9.97 Å². The molecule has 88 valence electrons. The largest absolute Gasteiger partial charge is 0.325 e. The molecule has 0 spiro atoms. The van der Waals surface area contributed by atoms with E-state index in [4.69, 9.17) is 46.4 Å². The highest BCUT2D eigenvalue weighted by atomic mass is 35.5. The maximum Gasteiger partial charge on any atom is 0.325 e. The van der Waals surface area contributed by atoms with Crippen LogP contribution in [0.15, 0.2) is 21.9 Å². The van der Waals surface area contributed by atoms with Crippen LogP contribution in [-0.4, -0.2) is 27.1 Å². The van der Waals surface area contributed by atoms with E-state index in [0.29, 0.717) is 11.8 Å². The normalized spacial score (nSPS) is 8.00. The fourth-order valence-corrected chi connectivity index (χ4v) is 0.383. The van der Waals surface area contributed by atoms with Gasteiger partial charge in [-0.15, -0.1) is 46.4 Å². The predicted octanol–water partition coefficient (Wildman–Crippen LogP) is 1.95. The number of nitrogens with one attached hydrogen (secondary N) is 2. The third kappa shape index (κ3) is 16.5. The Bertz CT molecular complexity index is 298. The molecule has 0 radical (unpaired) electrons. The van der Waals surface area contributed by atoms with Gasteiger partial charge in [0.1, 0.15) is 0 Å². The molecule has 8 heteroatoms. The molecule has 0 amide bonds. The minimum atomic E-state index is -0.475. The summed E-state index contributed by atoms with van der Waals surface area (Å²) >= 11 is 19.6. The highest BCUT2D eigenvalue weighted by Crippen LogP contribution is 1.75. The summed E-state index contributed by atoms with van der Waals surface area (Å²) in [5.41, 5.74) is -0.855. The molecule has 0 saturated carbocycles. The van der Waals surface area contributed by atoms with Crippen molar-refractivity contribution in [2.75, 3.05) is 17.1 Å². The van der Waals surface area contributed by atoms with E-state index in [1.807, 2.05) is 4.98 Å². The maximum absolute atomic E-state index is 10.2. The van der Waals surface area contributed by atoms with E-state index in [1.165, 1.54) is 12.3 Å². The Hall–Kier alpha value is -0.160. The summed E-state index contributed by atoms with van der Waals surface area (Å²) in [6.07, 6.45) is 1.29. The molecule has 0 saturated heterocycles. The summed E-state index contributed by atoms with van der Waals surface area (Å²) in [6.45, 7) is 0. The van der Waals surface area contributed by atoms with Crippen molar-refractivity contribution >= 4 is 46.4 Å². The van der Waals surface area contributed by atoms with Gasteiger partial charge in [-0.3, -0.25) is 9.78 Å². The van der Waals surface area contributed by atoms with Crippen molar-refractivity contribution in [1.29, 1.82) is 0 Å². The Morgan fingerprint density at radius 3 is 1.73 bits per heavy atom. The van der Waals surface area contributed by atoms with E-state index in [1.54, 1.807) is 0 Å². The first-order valence-electron chi connectivity index (χ1n) is 3.64. The van der Waals surface area contributed by atoms with E-state index in [9.17, 15) is 9.59 Å². The average Bonchev–Trinajstić information content (AvgIpc) is 2.19. The van der Waals surface area contributed by atoms with Crippen LogP contribution in [0.5, 0.6) is 0 Å². The van der Waals surface area contributed by atoms with Crippen LogP contribution >= 0.6 is 46.4 Å². The number of hydrogen-bond acceptors (Lipinski definition) is 2. The molecule has 0 aliphatic carbocycles. The Balaban J connectivity index is 0. The molecule has 0 aliphatic heterocycles. The standard InChI is InChI=1S/C4H4N2O2.C2H4Cl2.CH2Cl2/c7-3-1-2-5-4(8)6-3;3-1-2-4;2-1-3/h1-2H,(H2,5,6,7,8);1-2H2;1H2. The zero-order valence-corrected chi connectivity index (χ0v) is 10.6. The third-order valence-electron chi connectivity index (χ3n) is 0.757. The molecule has 0 aliphatic rings. The van der Waals surface area contributed by atoms with Crippen LogP contribution in [0.3, 0.4) is 0 Å². The minimum absolute atomic E-state index is 0.194. The van der Waals surface area contributed by atoms with Crippen molar-refractivity contribution < 1.29 is 0 Å². The van der Waals surface area contributed by atoms with Crippen molar-refractivity contribution in [3.05, 3.63) is 33.1 Å². The lowest BCUT2D eigenvalue weighted by Crippen LogP contribution is -2.19. The highest BCUT2D eigenvalue weighted by Gasteiger charge is 1.77. The van der Waals surface area contributed by atoms with Gasteiger partial charge in [0.25, 0.3) is 5.56 Å². The molecule has 4 nitrogen and oxygen atoms in total. The molecule has 0 bridgehead atoms. The quantitative estimate of drug-likeness (QED) is 0.778. The van der Waals surface area contributed by atoms with Gasteiger partial charge in [0, 0.05) is 24.0 Å². The summed E-state index contributed by atoms with van der Waals surface area (Å²) in [6, 6.07) is 1.24. The van der Waals surface area contributed by atoms with Crippen LogP contribution in [0.1, 0.15) is 0 Å². The van der Waals surface area contributed by atoms with Crippen molar-refractivity contribution in [2.24, 2.45) is 0 Å². The minimum Gasteiger partial charge on any atom is -0.314 e. The van der Waals surface area contributed by atoms with Crippen LogP contribution in [0.2, 0.25) is 0 Å². The molecule has 1 aromatic heterocycles. The molecule has 0 fully saturated rings. The zero-order chi connectivity index (χ0) is 12.1. The first-order chi connectivity index (χ1) is 7.12. The molecule has 1 heterocycles. The fraction of sp³-hybridized carbons (Fsp3) is 0.429. The Morgan fingerprint density at radius 1 is 1.07 bits per heavy atom. The van der Waals surface area contributed by atoms with Crippen LogP contribution in [0.4, 0.5) is 0 Å². The summed E-state index contributed by atoms with van der Waals surface area (Å²) in [7, 11) is 0. The van der Waals surface area contributed by atoms with Gasteiger partial charge in [0.05, 0.1) is 5.34 Å². The summed E-state index contributed by atoms with van der Waals surface area (Å²) in [5.74, 6) is 1.11. The molecule has 15 heavy (non-hydrogen) atoms. The van der Waals surface area contributed by atoms with E-state index < -0.39 is 5.69 Å². The fourth-order valence-electron chi connectivity index (χ4n) is 0.383. The van der Waals surface area contributed by atoms with Gasteiger partial charge >= 0.3 is 5.69 Å². The Kier molecular flexibility index (Phi) is 15.9. The van der Waals surface area contributed by atoms with Crippen LogP contribution in [-0.2, 0) is 0 Å². The summed E-state index contributed by atoms with van der Waals surface area (Å²) < 4.78 is 0. The van der Waals surface area contributed by atoms with Gasteiger partial charge in [-0.25, -0.2) is 4.79 Å². The molecule has 1 rings (SSSR count). The van der Waals surface area contributed by atoms with E-state index in [2.05, 4.69) is 4.98 Å². The number of H-pyrrole nitrogens is 2. The number of halogens is 4. The molecular weight excluding hydrogens is 286 g/mol. The number of aromatic amines is 2. The van der Waals surface area contributed by atoms with Gasteiger partial charge in [0.2, 0.25) is 0 Å². The first kappa shape index (κ1) is 17.2. The SMILES string of the molecule is ClCCCl.ClCCl.O=c1cc[nH]c(=O)[nH]1. The number of alkyl halides is 4. The second-order valence-corrected chi connectivity index (χ2v) is 3.34. The third-order valence-corrected chi connectivity index (χ3v) is 1.33. The van der Waals surface area contributed by atoms with Crippen molar-refractivity contribution in [3.63, 3.8) is 0 Å². The number of rotatable bonds is 1. The van der Waals surface area contributed by atoms with Gasteiger partial charge in [-0.1, -0.05) is 0 Å². The molecule has 2 N–H and O–H groups in total. The first-order valence-corrected chi connectivity index (χ1v) is 5.78. The lowest BCUT2D eigenvalue weighted by atomic mass is 10.7. The Labute approximate surface area is 107 Å². The highest BCUT2D eigenvalue weighted by molar-refractivity contribution is 6.40. The lowest BCUT2D eigenvalue weighted by molar-refractivity contribution is 1.04. The average molecular weight is 296 g/mol. The summed E-state index contributed by atoms with van der Waals surface area (Å²) in [4.78, 5) is 24.7. The maximum atomic E-state index is 10.2. The van der Waals surface area contributed by atoms with E-state index in [0.717, 1.165) is 0 Å². The van der Waals surface area contributed by atoms with Crippen LogP contribution < -0.4 is 11.2 Å². The van der Waals surface area contributed by atoms with Gasteiger partial charge in [-0.2, -0.15) is 0 Å². The van der Waals surface area contributed by atoms with Crippen LogP contribution in [0.25, 0.3) is 0 Å². The van der Waals surface area contributed by atoms with E-state index >= 15 is 0 Å². The second kappa shape index (κ2) is 13.8. The molecule has 0 atom stereocenters. The van der Waals surface area contributed by atoms with Crippen molar-refractivity contribution in [3.8, 4) is 0 Å². The van der Waals surface area contributed by atoms with E-state index in [-0.39, 0.29) is 10.9 Å². The van der Waals surface area contributed by atoms with Gasteiger partial charge < -0.3 is 4.98 Å². The molecule has 1 aromatic rings. The number of hydrogen-bond donors (Lipinski definition) is 2. The zero-order valence-electron chi connectivity index (χ0n) is 7.60. The van der Waals surface area contributed by atoms with Gasteiger partial charge in [0.15, 0.2) is 0 Å². The van der Waals surface area contributed by atoms with Gasteiger partial charge in [-0.05, 0) is 0 Å². The molecular formula is C7H10Cl4N2O2. The summed E-state index contributed by atoms with van der Waals surface area (Å²) in [5, 5.41) is 0.194. The topological polar surface area (TPSA) is 65.7 Å². The predicted molar refractivity (Wildman–Crippen MR) is 65.7 cm³/mol. The number of aromatic nitrogens is 2. The smallest absolute Gasteiger partial charge is 0.314 e. The van der Waals surface area contributed by atoms with Crippen LogP contribution in [0, 0.1) is 0 Å². The monoisotopic (exact) mass is 294 g/mol. The molecule has 0 aromatic carbocycles. The Morgan fingerprint density at radius 2 is 1.53 bits per heavy atom. The van der Waals surface area contributed by atoms with Crippen molar-refractivity contribution in [2.45, 2.75) is 0 Å². The second-order valence-electron chi connectivity index (χ2n) is 1.78. The molecule has 0 unspecified atom stereocenters.